The maximum atomic E-state index is 12.1. The van der Waals surface area contributed by atoms with Crippen molar-refractivity contribution in [2.75, 3.05) is 0 Å². The SMILES string of the molecule is O=C1c2ccccc2C(=O)c2ccccc21.[B][B][B]CC. The molecule has 2 nitrogen and oxygen atoms in total. The Hall–Kier alpha value is -2.03. The largest absolute Gasteiger partial charge is 0.289 e. The van der Waals surface area contributed by atoms with Gasteiger partial charge in [0.15, 0.2) is 11.6 Å². The molecule has 0 fully saturated rings. The summed E-state index contributed by atoms with van der Waals surface area (Å²) < 4.78 is 0. The first-order valence-corrected chi connectivity index (χ1v) is 6.84. The molecular formula is C16H13B3O2. The van der Waals surface area contributed by atoms with E-state index in [4.69, 9.17) is 7.74 Å². The molecule has 0 aromatic heterocycles. The predicted octanol–water partition coefficient (Wildman–Crippen LogP) is 2.29. The van der Waals surface area contributed by atoms with Gasteiger partial charge < -0.3 is 0 Å². The van der Waals surface area contributed by atoms with Crippen molar-refractivity contribution < 1.29 is 9.59 Å². The fraction of sp³-hybridized carbons (Fsp3) is 0.125. The second kappa shape index (κ2) is 7.12. The van der Waals surface area contributed by atoms with Crippen molar-refractivity contribution in [3.05, 3.63) is 70.8 Å². The number of fused-ring (bicyclic) bond motifs is 2. The van der Waals surface area contributed by atoms with E-state index in [9.17, 15) is 9.59 Å². The van der Waals surface area contributed by atoms with E-state index in [1.54, 1.807) is 55.6 Å². The fourth-order valence-corrected chi connectivity index (χ4v) is 2.18. The van der Waals surface area contributed by atoms with E-state index in [-0.39, 0.29) is 11.6 Å². The van der Waals surface area contributed by atoms with Gasteiger partial charge in [0.05, 0.1) is 7.17 Å². The Morgan fingerprint density at radius 3 is 1.33 bits per heavy atom. The van der Waals surface area contributed by atoms with Gasteiger partial charge in [-0.05, 0) is 0 Å². The van der Waals surface area contributed by atoms with Crippen LogP contribution in [0.3, 0.4) is 0 Å². The van der Waals surface area contributed by atoms with Crippen LogP contribution in [0.15, 0.2) is 48.5 Å². The van der Waals surface area contributed by atoms with Crippen molar-refractivity contribution >= 4 is 33.5 Å². The lowest BCUT2D eigenvalue weighted by Gasteiger charge is -2.16. The van der Waals surface area contributed by atoms with Crippen LogP contribution in [0, 0.1) is 0 Å². The molecule has 21 heavy (non-hydrogen) atoms. The molecule has 0 amide bonds. The average molecular weight is 270 g/mol. The summed E-state index contributed by atoms with van der Waals surface area (Å²) in [5, 5.41) is 0. The van der Waals surface area contributed by atoms with Crippen LogP contribution >= 0.6 is 0 Å². The van der Waals surface area contributed by atoms with E-state index >= 15 is 0 Å². The standard InChI is InChI=1S/C14H8O2.C2H5B3/c15-13-9-5-1-2-6-10(9)14(16)12-8-4-3-7-11(12)13;1-2-4-5-3/h1-8H;2H2,1H3. The number of benzene rings is 2. The Morgan fingerprint density at radius 1 is 0.810 bits per heavy atom. The van der Waals surface area contributed by atoms with Gasteiger partial charge in [-0.3, -0.25) is 9.59 Å². The van der Waals surface area contributed by atoms with E-state index < -0.39 is 0 Å². The van der Waals surface area contributed by atoms with Gasteiger partial charge in [-0.15, -0.1) is 0 Å². The highest BCUT2D eigenvalue weighted by Crippen LogP contribution is 2.26. The molecule has 0 bridgehead atoms. The minimum atomic E-state index is -0.0641. The minimum absolute atomic E-state index is 0.0641. The van der Waals surface area contributed by atoms with E-state index in [2.05, 4.69) is 0 Å². The Bertz CT molecular complexity index is 561. The van der Waals surface area contributed by atoms with Crippen molar-refractivity contribution in [2.45, 2.75) is 13.2 Å². The molecular weight excluding hydrogens is 257 g/mol. The Kier molecular flexibility index (Phi) is 5.21. The van der Waals surface area contributed by atoms with Gasteiger partial charge in [0.2, 0.25) is 0 Å². The molecule has 4 radical (unpaired) electrons. The summed E-state index contributed by atoms with van der Waals surface area (Å²) >= 11 is 0. The molecule has 2 aromatic carbocycles. The quantitative estimate of drug-likeness (QED) is 0.669. The number of carbonyl (C=O) groups is 2. The van der Waals surface area contributed by atoms with Crippen LogP contribution < -0.4 is 0 Å². The molecule has 0 spiro atoms. The van der Waals surface area contributed by atoms with Crippen LogP contribution in [0.1, 0.15) is 38.8 Å². The van der Waals surface area contributed by atoms with Crippen LogP contribution in [0.5, 0.6) is 0 Å². The third kappa shape index (κ3) is 3.18. The Labute approximate surface area is 127 Å². The van der Waals surface area contributed by atoms with Crippen molar-refractivity contribution in [1.82, 2.24) is 0 Å². The predicted molar refractivity (Wildman–Crippen MR) is 87.5 cm³/mol. The van der Waals surface area contributed by atoms with E-state index in [0.717, 1.165) is 6.32 Å². The number of carbonyl (C=O) groups excluding carboxylic acids is 2. The second-order valence-corrected chi connectivity index (χ2v) is 4.59. The third-order valence-corrected chi connectivity index (χ3v) is 3.20. The number of rotatable bonds is 2. The summed E-state index contributed by atoms with van der Waals surface area (Å²) in [7, 11) is 8.42. The first kappa shape index (κ1) is 15.4. The van der Waals surface area contributed by atoms with Gasteiger partial charge in [-0.25, -0.2) is 0 Å². The zero-order chi connectivity index (χ0) is 15.2. The van der Waals surface area contributed by atoms with Crippen LogP contribution in [0.4, 0.5) is 0 Å². The molecule has 0 unspecified atom stereocenters. The van der Waals surface area contributed by atoms with Gasteiger partial charge >= 0.3 is 0 Å². The summed E-state index contributed by atoms with van der Waals surface area (Å²) in [4.78, 5) is 24.2. The molecule has 1 aliphatic carbocycles. The maximum Gasteiger partial charge on any atom is 0.194 e. The van der Waals surface area contributed by atoms with Crippen LogP contribution in [0.25, 0.3) is 0 Å². The maximum absolute atomic E-state index is 12.1. The number of ketones is 2. The van der Waals surface area contributed by atoms with E-state index in [1.165, 1.54) is 0 Å². The lowest BCUT2D eigenvalue weighted by Crippen LogP contribution is -2.20. The van der Waals surface area contributed by atoms with Gasteiger partial charge in [0.1, 0.15) is 0 Å². The first-order chi connectivity index (χ1) is 10.2. The number of hydrogen-bond acceptors (Lipinski definition) is 2. The smallest absolute Gasteiger partial charge is 0.194 e. The molecule has 1 aliphatic rings. The molecule has 98 valence electrons. The van der Waals surface area contributed by atoms with Gasteiger partial charge in [-0.2, -0.15) is 0 Å². The third-order valence-electron chi connectivity index (χ3n) is 3.20. The lowest BCUT2D eigenvalue weighted by atomic mass is 9.27. The molecule has 3 rings (SSSR count). The first-order valence-electron chi connectivity index (χ1n) is 6.84. The Balaban J connectivity index is 0.000000282. The topological polar surface area (TPSA) is 34.1 Å². The Morgan fingerprint density at radius 2 is 1.14 bits per heavy atom. The summed E-state index contributed by atoms with van der Waals surface area (Å²) in [5.74, 6) is -0.128. The fourth-order valence-electron chi connectivity index (χ4n) is 2.18. The van der Waals surface area contributed by atoms with Crippen LogP contribution in [-0.2, 0) is 0 Å². The summed E-state index contributed by atoms with van der Waals surface area (Å²) in [5.41, 5.74) is 2.02. The normalized spacial score (nSPS) is 11.7. The minimum Gasteiger partial charge on any atom is -0.289 e. The second-order valence-electron chi connectivity index (χ2n) is 4.59. The summed E-state index contributed by atoms with van der Waals surface area (Å²) in [6, 6.07) is 13.9. The average Bonchev–Trinajstić information content (AvgIpc) is 2.54. The molecule has 0 aliphatic heterocycles. The van der Waals surface area contributed by atoms with Gasteiger partial charge in [0.25, 0.3) is 0 Å². The van der Waals surface area contributed by atoms with Gasteiger partial charge in [0, 0.05) is 37.1 Å². The molecule has 0 atom stereocenters. The van der Waals surface area contributed by atoms with Crippen LogP contribution in [-0.4, -0.2) is 33.5 Å². The zero-order valence-electron chi connectivity index (χ0n) is 11.9. The van der Waals surface area contributed by atoms with Crippen LogP contribution in [0.2, 0.25) is 6.32 Å². The molecule has 0 N–H and O–H groups in total. The van der Waals surface area contributed by atoms with Crippen molar-refractivity contribution in [3.8, 4) is 0 Å². The molecule has 2 aromatic rings. The van der Waals surface area contributed by atoms with Crippen molar-refractivity contribution in [1.29, 1.82) is 0 Å². The summed E-state index contributed by atoms with van der Waals surface area (Å²) in [6.07, 6.45) is 1.04. The number of hydrogen-bond donors (Lipinski definition) is 0. The zero-order valence-corrected chi connectivity index (χ0v) is 11.9. The van der Waals surface area contributed by atoms with E-state index in [1.807, 2.05) is 14.1 Å². The molecule has 0 saturated heterocycles. The van der Waals surface area contributed by atoms with E-state index in [0.29, 0.717) is 22.3 Å². The highest BCUT2D eigenvalue weighted by Gasteiger charge is 2.28. The van der Waals surface area contributed by atoms with Crippen molar-refractivity contribution in [3.63, 3.8) is 0 Å². The molecule has 0 saturated carbocycles. The van der Waals surface area contributed by atoms with Crippen molar-refractivity contribution in [2.24, 2.45) is 0 Å². The lowest BCUT2D eigenvalue weighted by molar-refractivity contribution is 0.0979. The monoisotopic (exact) mass is 270 g/mol. The van der Waals surface area contributed by atoms with Gasteiger partial charge in [-0.1, -0.05) is 61.8 Å². The highest BCUT2D eigenvalue weighted by molar-refractivity contribution is 7.23. The molecule has 0 heterocycles. The summed E-state index contributed by atoms with van der Waals surface area (Å²) in [6.45, 7) is 2.04. The highest BCUT2D eigenvalue weighted by atomic mass is 16.1. The molecule has 5 heteroatoms.